The normalized spacial score (nSPS) is 17.8. The molecule has 0 radical (unpaired) electrons. The molecule has 1 aliphatic carbocycles. The summed E-state index contributed by atoms with van der Waals surface area (Å²) in [5.41, 5.74) is 5.34. The van der Waals surface area contributed by atoms with E-state index in [1.165, 1.54) is 15.4 Å². The van der Waals surface area contributed by atoms with Crippen LogP contribution in [0.1, 0.15) is 30.3 Å². The van der Waals surface area contributed by atoms with E-state index < -0.39 is 0 Å². The summed E-state index contributed by atoms with van der Waals surface area (Å²) in [6.07, 6.45) is 6.35. The minimum Gasteiger partial charge on any atom is -0.464 e. The highest BCUT2D eigenvalue weighted by molar-refractivity contribution is 9.11. The Morgan fingerprint density at radius 2 is 1.77 bits per heavy atom. The van der Waals surface area contributed by atoms with Crippen LogP contribution < -0.4 is 10.1 Å². The minimum absolute atomic E-state index is 0.190. The van der Waals surface area contributed by atoms with Crippen molar-refractivity contribution in [1.29, 1.82) is 0 Å². The number of nitrogens with zero attached hydrogens (tertiary/aromatic N) is 1. The van der Waals surface area contributed by atoms with Crippen LogP contribution in [0.4, 0.5) is 5.69 Å². The summed E-state index contributed by atoms with van der Waals surface area (Å²) in [6, 6.07) is 22.9. The van der Waals surface area contributed by atoms with Crippen molar-refractivity contribution in [1.82, 2.24) is 4.98 Å². The SMILES string of the molecule is BrC1=CC(c2nc3ccccc3c3c4c(ccc23)OC(c2ccccc2)N4)=CCC1. The summed E-state index contributed by atoms with van der Waals surface area (Å²) in [5, 5.41) is 7.08. The summed E-state index contributed by atoms with van der Waals surface area (Å²) in [4.78, 5) is 5.06. The number of hydrogen-bond acceptors (Lipinski definition) is 3. The van der Waals surface area contributed by atoms with Gasteiger partial charge in [-0.3, -0.25) is 0 Å². The molecule has 1 N–H and O–H groups in total. The Morgan fingerprint density at radius 3 is 2.63 bits per heavy atom. The molecule has 0 amide bonds. The Labute approximate surface area is 183 Å². The van der Waals surface area contributed by atoms with Gasteiger partial charge in [0, 0.05) is 21.7 Å². The molecule has 2 aliphatic rings. The fraction of sp³-hybridized carbons (Fsp3) is 0.115. The maximum Gasteiger partial charge on any atom is 0.196 e. The molecule has 0 bridgehead atoms. The Balaban J connectivity index is 1.60. The second-order valence-electron chi connectivity index (χ2n) is 7.68. The van der Waals surface area contributed by atoms with Crippen molar-refractivity contribution in [3.05, 3.63) is 94.6 Å². The quantitative estimate of drug-likeness (QED) is 0.321. The lowest BCUT2D eigenvalue weighted by Crippen LogP contribution is -2.09. The van der Waals surface area contributed by atoms with Gasteiger partial charge in [0.15, 0.2) is 6.23 Å². The summed E-state index contributed by atoms with van der Waals surface area (Å²) >= 11 is 3.68. The van der Waals surface area contributed by atoms with Gasteiger partial charge in [0.1, 0.15) is 5.75 Å². The lowest BCUT2D eigenvalue weighted by Gasteiger charge is -2.15. The number of nitrogens with one attached hydrogen (secondary N) is 1. The van der Waals surface area contributed by atoms with E-state index in [2.05, 4.69) is 75.9 Å². The number of anilines is 1. The number of halogens is 1. The maximum absolute atomic E-state index is 6.29. The predicted molar refractivity (Wildman–Crippen MR) is 127 cm³/mol. The van der Waals surface area contributed by atoms with E-state index in [-0.39, 0.29) is 6.23 Å². The smallest absolute Gasteiger partial charge is 0.196 e. The number of pyridine rings is 1. The molecule has 1 unspecified atom stereocenters. The summed E-state index contributed by atoms with van der Waals surface area (Å²) in [6.45, 7) is 0. The highest BCUT2D eigenvalue weighted by Crippen LogP contribution is 2.46. The zero-order valence-electron chi connectivity index (χ0n) is 16.2. The first-order valence-electron chi connectivity index (χ1n) is 10.2. The van der Waals surface area contributed by atoms with E-state index in [1.54, 1.807) is 0 Å². The lowest BCUT2D eigenvalue weighted by molar-refractivity contribution is 0.260. The van der Waals surface area contributed by atoms with E-state index in [0.29, 0.717) is 0 Å². The third-order valence-electron chi connectivity index (χ3n) is 5.78. The molecule has 0 saturated heterocycles. The minimum atomic E-state index is -0.190. The Kier molecular flexibility index (Phi) is 4.13. The molecule has 4 heteroatoms. The number of allylic oxidation sites excluding steroid dienone is 4. The highest BCUT2D eigenvalue weighted by Gasteiger charge is 2.27. The second kappa shape index (κ2) is 6.99. The van der Waals surface area contributed by atoms with E-state index in [4.69, 9.17) is 9.72 Å². The molecule has 2 heterocycles. The standard InChI is InChI=1S/C26H19BrN2O/c27-18-10-6-9-17(15-18)24-20-13-14-22-25(23(20)19-11-4-5-12-21(19)28-24)29-26(30-22)16-7-2-1-3-8-16/h1-5,7-9,11-15,26,29H,6,10H2. The van der Waals surface area contributed by atoms with Gasteiger partial charge in [-0.1, -0.05) is 70.5 Å². The van der Waals surface area contributed by atoms with Crippen molar-refractivity contribution in [3.8, 4) is 5.75 Å². The van der Waals surface area contributed by atoms with Crippen LogP contribution in [-0.2, 0) is 0 Å². The largest absolute Gasteiger partial charge is 0.464 e. The van der Waals surface area contributed by atoms with E-state index >= 15 is 0 Å². The first-order chi connectivity index (χ1) is 14.8. The molecular weight excluding hydrogens is 436 g/mol. The number of fused-ring (bicyclic) bond motifs is 5. The van der Waals surface area contributed by atoms with Crippen LogP contribution in [0.3, 0.4) is 0 Å². The topological polar surface area (TPSA) is 34.1 Å². The third-order valence-corrected chi connectivity index (χ3v) is 6.41. The number of ether oxygens (including phenoxy) is 1. The predicted octanol–water partition coefficient (Wildman–Crippen LogP) is 7.35. The van der Waals surface area contributed by atoms with Gasteiger partial charge in [-0.15, -0.1) is 0 Å². The van der Waals surface area contributed by atoms with Gasteiger partial charge in [-0.2, -0.15) is 0 Å². The monoisotopic (exact) mass is 454 g/mol. The number of benzene rings is 3. The van der Waals surface area contributed by atoms with E-state index in [9.17, 15) is 0 Å². The number of aromatic nitrogens is 1. The highest BCUT2D eigenvalue weighted by atomic mass is 79.9. The summed E-state index contributed by atoms with van der Waals surface area (Å²) in [7, 11) is 0. The summed E-state index contributed by atoms with van der Waals surface area (Å²) < 4.78 is 7.50. The Bertz CT molecular complexity index is 1360. The van der Waals surface area contributed by atoms with Gasteiger partial charge in [-0.25, -0.2) is 4.98 Å². The zero-order chi connectivity index (χ0) is 20.1. The van der Waals surface area contributed by atoms with E-state index in [0.717, 1.165) is 51.8 Å². The molecule has 0 saturated carbocycles. The first kappa shape index (κ1) is 17.7. The molecule has 3 aromatic carbocycles. The zero-order valence-corrected chi connectivity index (χ0v) is 17.8. The van der Waals surface area contributed by atoms with Crippen LogP contribution in [0.15, 0.2) is 83.4 Å². The molecule has 1 atom stereocenters. The van der Waals surface area contributed by atoms with Gasteiger partial charge >= 0.3 is 0 Å². The molecule has 3 nitrogen and oxygen atoms in total. The average molecular weight is 455 g/mol. The van der Waals surface area contributed by atoms with Crippen molar-refractivity contribution in [2.75, 3.05) is 5.32 Å². The number of rotatable bonds is 2. The fourth-order valence-corrected chi connectivity index (χ4v) is 4.86. The third kappa shape index (κ3) is 2.83. The Hall–Kier alpha value is -3.11. The van der Waals surface area contributed by atoms with Crippen LogP contribution in [0.25, 0.3) is 27.2 Å². The fourth-order valence-electron chi connectivity index (χ4n) is 4.38. The Morgan fingerprint density at radius 1 is 0.933 bits per heavy atom. The van der Waals surface area contributed by atoms with Crippen LogP contribution >= 0.6 is 15.9 Å². The van der Waals surface area contributed by atoms with Gasteiger partial charge in [0.05, 0.1) is 16.9 Å². The molecule has 0 fully saturated rings. The molecule has 1 aliphatic heterocycles. The second-order valence-corrected chi connectivity index (χ2v) is 8.70. The van der Waals surface area contributed by atoms with Crippen molar-refractivity contribution >= 4 is 48.9 Å². The summed E-state index contributed by atoms with van der Waals surface area (Å²) in [5.74, 6) is 0.882. The molecule has 1 aromatic heterocycles. The molecule has 4 aromatic rings. The van der Waals surface area contributed by atoms with Crippen molar-refractivity contribution < 1.29 is 4.74 Å². The van der Waals surface area contributed by atoms with Crippen molar-refractivity contribution in [2.45, 2.75) is 19.1 Å². The molecule has 146 valence electrons. The number of hydrogen-bond donors (Lipinski definition) is 1. The van der Waals surface area contributed by atoms with Crippen LogP contribution in [0, 0.1) is 0 Å². The van der Waals surface area contributed by atoms with Crippen molar-refractivity contribution in [2.24, 2.45) is 0 Å². The van der Waals surface area contributed by atoms with Crippen LogP contribution in [0.2, 0.25) is 0 Å². The van der Waals surface area contributed by atoms with Crippen LogP contribution in [0.5, 0.6) is 5.75 Å². The molecule has 6 rings (SSSR count). The maximum atomic E-state index is 6.29. The van der Waals surface area contributed by atoms with Gasteiger partial charge in [0.25, 0.3) is 0 Å². The number of para-hydroxylation sites is 1. The first-order valence-corrected chi connectivity index (χ1v) is 11.0. The van der Waals surface area contributed by atoms with Crippen LogP contribution in [-0.4, -0.2) is 4.98 Å². The van der Waals surface area contributed by atoms with Gasteiger partial charge < -0.3 is 10.1 Å². The van der Waals surface area contributed by atoms with Gasteiger partial charge in [0.2, 0.25) is 0 Å². The lowest BCUT2D eigenvalue weighted by atomic mass is 9.96. The van der Waals surface area contributed by atoms with Gasteiger partial charge in [-0.05, 0) is 47.2 Å². The molecular formula is C26H19BrN2O. The van der Waals surface area contributed by atoms with Crippen molar-refractivity contribution in [3.63, 3.8) is 0 Å². The molecule has 0 spiro atoms. The molecule has 30 heavy (non-hydrogen) atoms. The average Bonchev–Trinajstić information content (AvgIpc) is 3.23. The van der Waals surface area contributed by atoms with E-state index in [1.807, 2.05) is 24.3 Å².